The molecule has 2 aromatic carbocycles. The molecule has 0 fully saturated rings. The zero-order valence-electron chi connectivity index (χ0n) is 13.0. The van der Waals surface area contributed by atoms with Gasteiger partial charge in [-0.15, -0.1) is 0 Å². The Bertz CT molecular complexity index is 675. The molecule has 4 nitrogen and oxygen atoms in total. The summed E-state index contributed by atoms with van der Waals surface area (Å²) in [5.41, 5.74) is 2.16. The highest BCUT2D eigenvalue weighted by molar-refractivity contribution is 5.89. The van der Waals surface area contributed by atoms with Crippen LogP contribution in [0.5, 0.6) is 0 Å². The first-order chi connectivity index (χ1) is 11.0. The first-order valence-electron chi connectivity index (χ1n) is 7.03. The quantitative estimate of drug-likeness (QED) is 0.911. The second-order valence-electron chi connectivity index (χ2n) is 5.16. The highest BCUT2D eigenvalue weighted by Gasteiger charge is 2.11. The highest BCUT2D eigenvalue weighted by atomic mass is 19.2. The van der Waals surface area contributed by atoms with Gasteiger partial charge >= 0.3 is 6.03 Å². The lowest BCUT2D eigenvalue weighted by Crippen LogP contribution is -2.30. The van der Waals surface area contributed by atoms with Gasteiger partial charge in [0.05, 0.1) is 6.61 Å². The van der Waals surface area contributed by atoms with Crippen LogP contribution in [0, 0.1) is 11.6 Å². The van der Waals surface area contributed by atoms with E-state index >= 15 is 0 Å². The van der Waals surface area contributed by atoms with Crippen LogP contribution in [0.2, 0.25) is 0 Å². The van der Waals surface area contributed by atoms with E-state index in [4.69, 9.17) is 4.74 Å². The summed E-state index contributed by atoms with van der Waals surface area (Å²) < 4.78 is 31.1. The van der Waals surface area contributed by atoms with Gasteiger partial charge in [-0.2, -0.15) is 0 Å². The first kappa shape index (κ1) is 16.9. The Morgan fingerprint density at radius 2 is 1.74 bits per heavy atom. The molecule has 0 bridgehead atoms. The Kier molecular flexibility index (Phi) is 5.65. The molecule has 0 aromatic heterocycles. The van der Waals surface area contributed by atoms with Crippen LogP contribution in [0.15, 0.2) is 42.5 Å². The minimum absolute atomic E-state index is 0.171. The van der Waals surface area contributed by atoms with Crippen LogP contribution in [-0.2, 0) is 17.9 Å². The number of methoxy groups -OCH3 is 1. The number of benzene rings is 2. The highest BCUT2D eigenvalue weighted by Crippen LogP contribution is 2.13. The summed E-state index contributed by atoms with van der Waals surface area (Å²) in [5, 5.41) is 2.74. The summed E-state index contributed by atoms with van der Waals surface area (Å²) in [6.07, 6.45) is 0. The van der Waals surface area contributed by atoms with Crippen LogP contribution in [0.25, 0.3) is 0 Å². The van der Waals surface area contributed by atoms with Crippen molar-refractivity contribution in [2.24, 2.45) is 0 Å². The topological polar surface area (TPSA) is 41.6 Å². The van der Waals surface area contributed by atoms with Gasteiger partial charge in [-0.05, 0) is 35.4 Å². The van der Waals surface area contributed by atoms with E-state index in [0.29, 0.717) is 17.9 Å². The number of halogens is 2. The zero-order valence-corrected chi connectivity index (χ0v) is 13.0. The van der Waals surface area contributed by atoms with Crippen LogP contribution < -0.4 is 5.32 Å². The Balaban J connectivity index is 1.95. The van der Waals surface area contributed by atoms with Crippen molar-refractivity contribution in [3.63, 3.8) is 0 Å². The molecule has 0 saturated carbocycles. The number of urea groups is 1. The molecule has 0 heterocycles. The number of nitrogens with one attached hydrogen (secondary N) is 1. The number of anilines is 1. The van der Waals surface area contributed by atoms with Gasteiger partial charge in [0.2, 0.25) is 0 Å². The molecule has 0 atom stereocenters. The number of rotatable bonds is 5. The third kappa shape index (κ3) is 4.75. The summed E-state index contributed by atoms with van der Waals surface area (Å²) in [6, 6.07) is 10.5. The van der Waals surface area contributed by atoms with Gasteiger partial charge in [-0.3, -0.25) is 0 Å². The smallest absolute Gasteiger partial charge is 0.321 e. The number of hydrogen-bond acceptors (Lipinski definition) is 2. The van der Waals surface area contributed by atoms with Crippen LogP contribution in [0.4, 0.5) is 19.3 Å². The summed E-state index contributed by atoms with van der Waals surface area (Å²) in [5.74, 6) is -1.83. The molecule has 0 aliphatic carbocycles. The van der Waals surface area contributed by atoms with E-state index in [1.807, 2.05) is 12.1 Å². The van der Waals surface area contributed by atoms with Gasteiger partial charge < -0.3 is 15.0 Å². The van der Waals surface area contributed by atoms with E-state index in [1.165, 1.54) is 11.0 Å². The van der Waals surface area contributed by atoms with Crippen LogP contribution in [0.1, 0.15) is 11.1 Å². The van der Waals surface area contributed by atoms with E-state index in [9.17, 15) is 13.6 Å². The number of carbonyl (C=O) groups is 1. The third-order valence-corrected chi connectivity index (χ3v) is 3.27. The number of ether oxygens (including phenoxy) is 1. The third-order valence-electron chi connectivity index (χ3n) is 3.27. The molecule has 6 heteroatoms. The molecule has 1 N–H and O–H groups in total. The van der Waals surface area contributed by atoms with Gasteiger partial charge in [0.25, 0.3) is 0 Å². The summed E-state index contributed by atoms with van der Waals surface area (Å²) >= 11 is 0. The lowest BCUT2D eigenvalue weighted by Gasteiger charge is -2.18. The maximum atomic E-state index is 13.2. The molecule has 23 heavy (non-hydrogen) atoms. The molecule has 0 unspecified atom stereocenters. The number of hydrogen-bond donors (Lipinski definition) is 1. The summed E-state index contributed by atoms with van der Waals surface area (Å²) in [7, 11) is 3.19. The second kappa shape index (κ2) is 7.69. The largest absolute Gasteiger partial charge is 0.380 e. The van der Waals surface area contributed by atoms with Crippen molar-refractivity contribution in [3.8, 4) is 0 Å². The van der Waals surface area contributed by atoms with Crippen molar-refractivity contribution >= 4 is 11.7 Å². The van der Waals surface area contributed by atoms with Crippen molar-refractivity contribution in [1.29, 1.82) is 0 Å². The molecule has 2 rings (SSSR count). The predicted octanol–water partition coefficient (Wildman–Crippen LogP) is 3.78. The summed E-state index contributed by atoms with van der Waals surface area (Å²) in [6.45, 7) is 0.676. The van der Waals surface area contributed by atoms with Crippen molar-refractivity contribution < 1.29 is 18.3 Å². The molecule has 0 aliphatic heterocycles. The van der Waals surface area contributed by atoms with Gasteiger partial charge in [-0.1, -0.05) is 18.2 Å². The minimum atomic E-state index is -0.926. The van der Waals surface area contributed by atoms with Crippen LogP contribution >= 0.6 is 0 Å². The Hall–Kier alpha value is -2.47. The van der Waals surface area contributed by atoms with Gasteiger partial charge in [-0.25, -0.2) is 13.6 Å². The molecule has 2 amide bonds. The van der Waals surface area contributed by atoms with E-state index in [2.05, 4.69) is 5.32 Å². The fraction of sp³-hybridized carbons (Fsp3) is 0.235. The Labute approximate surface area is 133 Å². The minimum Gasteiger partial charge on any atom is -0.380 e. The average Bonchev–Trinajstić information content (AvgIpc) is 2.53. The van der Waals surface area contributed by atoms with E-state index in [0.717, 1.165) is 17.7 Å². The fourth-order valence-electron chi connectivity index (χ4n) is 2.05. The first-order valence-corrected chi connectivity index (χ1v) is 7.03. The molecule has 122 valence electrons. The molecule has 0 saturated heterocycles. The standard InChI is InChI=1S/C17H18F2N2O2/c1-21(10-13-5-8-15(18)16(19)9-13)17(22)20-14-6-3-12(4-7-14)11-23-2/h3-9H,10-11H2,1-2H3,(H,20,22). The predicted molar refractivity (Wildman–Crippen MR) is 84.0 cm³/mol. The number of amides is 2. The Morgan fingerprint density at radius 3 is 2.35 bits per heavy atom. The SMILES string of the molecule is COCc1ccc(NC(=O)N(C)Cc2ccc(F)c(F)c2)cc1. The van der Waals surface area contributed by atoms with E-state index in [-0.39, 0.29) is 12.6 Å². The number of nitrogens with zero attached hydrogens (tertiary/aromatic N) is 1. The molecular formula is C17H18F2N2O2. The van der Waals surface area contributed by atoms with Gasteiger partial charge in [0, 0.05) is 26.4 Å². The summed E-state index contributed by atoms with van der Waals surface area (Å²) in [4.78, 5) is 13.5. The van der Waals surface area contributed by atoms with Crippen molar-refractivity contribution in [2.45, 2.75) is 13.2 Å². The maximum Gasteiger partial charge on any atom is 0.321 e. The Morgan fingerprint density at radius 1 is 1.09 bits per heavy atom. The lowest BCUT2D eigenvalue weighted by atomic mass is 10.2. The molecule has 0 spiro atoms. The average molecular weight is 320 g/mol. The van der Waals surface area contributed by atoms with E-state index in [1.54, 1.807) is 26.3 Å². The monoisotopic (exact) mass is 320 g/mol. The molecule has 0 radical (unpaired) electrons. The lowest BCUT2D eigenvalue weighted by molar-refractivity contribution is 0.185. The van der Waals surface area contributed by atoms with Crippen LogP contribution in [0.3, 0.4) is 0 Å². The van der Waals surface area contributed by atoms with E-state index < -0.39 is 11.6 Å². The molecule has 0 aliphatic rings. The van der Waals surface area contributed by atoms with Gasteiger partial charge in [0.15, 0.2) is 11.6 Å². The fourth-order valence-corrected chi connectivity index (χ4v) is 2.05. The van der Waals surface area contributed by atoms with Gasteiger partial charge in [0.1, 0.15) is 0 Å². The second-order valence-corrected chi connectivity index (χ2v) is 5.16. The van der Waals surface area contributed by atoms with Crippen LogP contribution in [-0.4, -0.2) is 25.1 Å². The number of carbonyl (C=O) groups excluding carboxylic acids is 1. The van der Waals surface area contributed by atoms with Crippen molar-refractivity contribution in [1.82, 2.24) is 4.90 Å². The molecular weight excluding hydrogens is 302 g/mol. The molecule has 2 aromatic rings. The normalized spacial score (nSPS) is 10.4. The van der Waals surface area contributed by atoms with Crippen molar-refractivity contribution in [2.75, 3.05) is 19.5 Å². The zero-order chi connectivity index (χ0) is 16.8. The maximum absolute atomic E-state index is 13.2. The van der Waals surface area contributed by atoms with Crippen molar-refractivity contribution in [3.05, 3.63) is 65.2 Å².